The number of nitrogens with zero attached hydrogens (tertiary/aromatic N) is 7. The molecule has 12 aromatic rings. The molecular weight excluding hydrogens is 783 g/mol. The van der Waals surface area contributed by atoms with Gasteiger partial charge in [0, 0.05) is 69.0 Å². The molecular formula is C57H39N7. The lowest BCUT2D eigenvalue weighted by Crippen LogP contribution is -2.10. The van der Waals surface area contributed by atoms with Gasteiger partial charge >= 0.3 is 0 Å². The van der Waals surface area contributed by atoms with Gasteiger partial charge in [0.1, 0.15) is 16.9 Å². The first-order valence-corrected chi connectivity index (χ1v) is 21.4. The summed E-state index contributed by atoms with van der Waals surface area (Å²) in [4.78, 5) is 18.1. The van der Waals surface area contributed by atoms with Crippen LogP contribution >= 0.6 is 0 Å². The van der Waals surface area contributed by atoms with Crippen molar-refractivity contribution >= 4 is 34.0 Å². The van der Waals surface area contributed by atoms with Crippen molar-refractivity contribution < 1.29 is 0 Å². The van der Waals surface area contributed by atoms with Crippen LogP contribution in [-0.2, 0) is 0 Å². The van der Waals surface area contributed by atoms with E-state index in [4.69, 9.17) is 15.0 Å². The zero-order valence-corrected chi connectivity index (χ0v) is 34.6. The minimum Gasteiger partial charge on any atom is -0.310 e. The molecule has 6 aromatic heterocycles. The molecule has 0 aliphatic carbocycles. The predicted molar refractivity (Wildman–Crippen MR) is 260 cm³/mol. The minimum absolute atomic E-state index is 0.891. The fourth-order valence-electron chi connectivity index (χ4n) is 9.03. The number of hydrogen-bond acceptors (Lipinski definition) is 4. The quantitative estimate of drug-likeness (QED) is 0.146. The van der Waals surface area contributed by atoms with Gasteiger partial charge in [0.2, 0.25) is 0 Å². The summed E-state index contributed by atoms with van der Waals surface area (Å²) in [6, 6.07) is 76.2. The zero-order valence-electron chi connectivity index (χ0n) is 34.6. The van der Waals surface area contributed by atoms with Crippen molar-refractivity contribution in [3.05, 3.63) is 237 Å². The minimum atomic E-state index is 0.891. The van der Waals surface area contributed by atoms with E-state index in [2.05, 4.69) is 237 Å². The molecule has 0 bridgehead atoms. The van der Waals surface area contributed by atoms with E-state index >= 15 is 0 Å². The van der Waals surface area contributed by atoms with E-state index in [-0.39, 0.29) is 0 Å². The van der Waals surface area contributed by atoms with Crippen molar-refractivity contribution in [2.45, 2.75) is 0 Å². The zero-order chi connectivity index (χ0) is 42.4. The number of anilines is 3. The SMILES string of the molecule is c1ccc(-c2c(-c3cccc(N(c4cccc(-c5nc6ccccn6c5-c5ccccc5)c4)c4cccc(-c5nc6ccccn6c5-c5ccccc5)c4)c3)nc3ccccn23)cc1. The maximum atomic E-state index is 5.25. The van der Waals surface area contributed by atoms with Crippen LogP contribution in [0.1, 0.15) is 0 Å². The fraction of sp³-hybridized carbons (Fsp3) is 0. The lowest BCUT2D eigenvalue weighted by molar-refractivity contribution is 1.19. The Morgan fingerprint density at radius 3 is 0.859 bits per heavy atom. The number of benzene rings is 6. The molecule has 0 radical (unpaired) electrons. The Kier molecular flexibility index (Phi) is 9.01. The van der Waals surface area contributed by atoms with Crippen LogP contribution in [0, 0.1) is 0 Å². The van der Waals surface area contributed by atoms with Gasteiger partial charge in [-0.25, -0.2) is 15.0 Å². The Morgan fingerprint density at radius 1 is 0.266 bits per heavy atom. The lowest BCUT2D eigenvalue weighted by Gasteiger charge is -2.27. The van der Waals surface area contributed by atoms with Gasteiger partial charge in [-0.15, -0.1) is 0 Å². The van der Waals surface area contributed by atoms with Crippen molar-refractivity contribution in [1.82, 2.24) is 28.2 Å². The third-order valence-electron chi connectivity index (χ3n) is 11.9. The Morgan fingerprint density at radius 2 is 0.547 bits per heavy atom. The number of fused-ring (bicyclic) bond motifs is 3. The van der Waals surface area contributed by atoms with E-state index in [1.54, 1.807) is 0 Å². The van der Waals surface area contributed by atoms with Crippen LogP contribution in [0.3, 0.4) is 0 Å². The summed E-state index contributed by atoms with van der Waals surface area (Å²) in [6.07, 6.45) is 6.27. The summed E-state index contributed by atoms with van der Waals surface area (Å²) in [5.74, 6) is 0. The first-order chi connectivity index (χ1) is 31.7. The highest BCUT2D eigenvalue weighted by Gasteiger charge is 2.23. The highest BCUT2D eigenvalue weighted by molar-refractivity contribution is 5.90. The number of aromatic nitrogens is 6. The van der Waals surface area contributed by atoms with Gasteiger partial charge in [-0.05, 0) is 72.8 Å². The summed E-state index contributed by atoms with van der Waals surface area (Å²) in [7, 11) is 0. The average molecular weight is 822 g/mol. The van der Waals surface area contributed by atoms with Gasteiger partial charge < -0.3 is 4.90 Å². The highest BCUT2D eigenvalue weighted by Crippen LogP contribution is 2.43. The molecule has 12 rings (SSSR count). The van der Waals surface area contributed by atoms with E-state index in [1.165, 1.54) is 0 Å². The van der Waals surface area contributed by atoms with Crippen molar-refractivity contribution in [3.63, 3.8) is 0 Å². The van der Waals surface area contributed by atoms with E-state index in [1.807, 2.05) is 18.2 Å². The van der Waals surface area contributed by atoms with Crippen molar-refractivity contribution in [3.8, 4) is 67.5 Å². The van der Waals surface area contributed by atoms with Crippen LogP contribution < -0.4 is 4.90 Å². The van der Waals surface area contributed by atoms with Crippen LogP contribution in [0.5, 0.6) is 0 Å². The second-order valence-electron chi connectivity index (χ2n) is 15.8. The number of rotatable bonds is 9. The van der Waals surface area contributed by atoms with Gasteiger partial charge in [0.25, 0.3) is 0 Å². The first kappa shape index (κ1) is 37.0. The van der Waals surface area contributed by atoms with Gasteiger partial charge in [0.15, 0.2) is 0 Å². The maximum absolute atomic E-state index is 5.25. The number of pyridine rings is 3. The summed E-state index contributed by atoms with van der Waals surface area (Å²) in [6.45, 7) is 0. The molecule has 302 valence electrons. The van der Waals surface area contributed by atoms with Crippen molar-refractivity contribution in [1.29, 1.82) is 0 Å². The van der Waals surface area contributed by atoms with E-state index in [9.17, 15) is 0 Å². The van der Waals surface area contributed by atoms with Gasteiger partial charge in [-0.1, -0.05) is 146 Å². The average Bonchev–Trinajstić information content (AvgIpc) is 4.08. The molecule has 0 aliphatic heterocycles. The third kappa shape index (κ3) is 6.42. The van der Waals surface area contributed by atoms with Crippen molar-refractivity contribution in [2.24, 2.45) is 0 Å². The Balaban J connectivity index is 1.07. The topological polar surface area (TPSA) is 55.1 Å². The Bertz CT molecular complexity index is 3240. The fourth-order valence-corrected chi connectivity index (χ4v) is 9.03. The van der Waals surface area contributed by atoms with E-state index in [0.29, 0.717) is 0 Å². The largest absolute Gasteiger partial charge is 0.310 e. The molecule has 64 heavy (non-hydrogen) atoms. The third-order valence-corrected chi connectivity index (χ3v) is 11.9. The van der Waals surface area contributed by atoms with Gasteiger partial charge in [0.05, 0.1) is 34.2 Å². The molecule has 7 heteroatoms. The molecule has 0 atom stereocenters. The number of imidazole rings is 3. The molecule has 6 aromatic carbocycles. The summed E-state index contributed by atoms with van der Waals surface area (Å²) in [5, 5.41) is 0. The summed E-state index contributed by atoms with van der Waals surface area (Å²) >= 11 is 0. The second kappa shape index (κ2) is 15.6. The van der Waals surface area contributed by atoms with Crippen LogP contribution in [0.2, 0.25) is 0 Å². The first-order valence-electron chi connectivity index (χ1n) is 21.4. The Hall–Kier alpha value is -8.81. The van der Waals surface area contributed by atoms with Gasteiger partial charge in [-0.3, -0.25) is 13.2 Å². The molecule has 0 saturated heterocycles. The molecule has 0 aliphatic rings. The smallest absolute Gasteiger partial charge is 0.137 e. The monoisotopic (exact) mass is 821 g/mol. The van der Waals surface area contributed by atoms with Crippen LogP contribution in [0.15, 0.2) is 237 Å². The van der Waals surface area contributed by atoms with E-state index in [0.717, 1.165) is 102 Å². The van der Waals surface area contributed by atoms with Crippen LogP contribution in [-0.4, -0.2) is 28.2 Å². The maximum Gasteiger partial charge on any atom is 0.137 e. The molecule has 0 amide bonds. The number of hydrogen-bond donors (Lipinski definition) is 0. The van der Waals surface area contributed by atoms with E-state index < -0.39 is 0 Å². The normalized spacial score (nSPS) is 11.4. The van der Waals surface area contributed by atoms with Crippen LogP contribution in [0.4, 0.5) is 17.1 Å². The molecule has 0 unspecified atom stereocenters. The molecule has 0 spiro atoms. The van der Waals surface area contributed by atoms with Crippen molar-refractivity contribution in [2.75, 3.05) is 4.90 Å². The van der Waals surface area contributed by atoms with Crippen LogP contribution in [0.25, 0.3) is 84.5 Å². The predicted octanol–water partition coefficient (Wildman–Crippen LogP) is 14.1. The second-order valence-corrected chi connectivity index (χ2v) is 15.8. The molecule has 0 fully saturated rings. The molecule has 0 saturated carbocycles. The highest BCUT2D eigenvalue weighted by atomic mass is 15.1. The standard InChI is InChI=1S/C57H39N7/c1-4-19-40(20-5-1)55-52(58-49-31-10-13-34-61(49)55)43-25-16-28-46(37-43)64(47-29-17-26-44(38-47)53-56(41-21-6-2-7-22-41)62-35-14-11-32-50(62)59-53)48-30-18-27-45(39-48)54-57(42-23-8-3-9-24-42)63-36-15-12-33-51(63)60-54/h1-39H. The molecule has 7 nitrogen and oxygen atoms in total. The van der Waals surface area contributed by atoms with Gasteiger partial charge in [-0.2, -0.15) is 0 Å². The molecule has 6 heterocycles. The molecule has 0 N–H and O–H groups in total. The summed E-state index contributed by atoms with van der Waals surface area (Å²) in [5.41, 5.74) is 17.8. The summed E-state index contributed by atoms with van der Waals surface area (Å²) < 4.78 is 6.54. The Labute approximate surface area is 370 Å². The lowest BCUT2D eigenvalue weighted by atomic mass is 10.0.